The number of aryl methyl sites for hydroxylation is 3. The van der Waals surface area contributed by atoms with Gasteiger partial charge < -0.3 is 19.9 Å². The summed E-state index contributed by atoms with van der Waals surface area (Å²) in [4.78, 5) is 41.5. The van der Waals surface area contributed by atoms with E-state index in [1.165, 1.54) is 0 Å². The zero-order chi connectivity index (χ0) is 22.0. The molecule has 1 atom stereocenters. The maximum Gasteiger partial charge on any atom is 0.242 e. The van der Waals surface area contributed by atoms with E-state index >= 15 is 0 Å². The van der Waals surface area contributed by atoms with Crippen molar-refractivity contribution in [2.75, 3.05) is 38.1 Å². The zero-order valence-corrected chi connectivity index (χ0v) is 18.2. The lowest BCUT2D eigenvalue weighted by atomic mass is 10.1. The molecule has 2 aliphatic rings. The Labute approximate surface area is 181 Å². The number of amides is 2. The zero-order valence-electron chi connectivity index (χ0n) is 18.2. The van der Waals surface area contributed by atoms with E-state index in [-0.39, 0.29) is 24.5 Å². The average Bonchev–Trinajstić information content (AvgIpc) is 3.11. The number of rotatable bonds is 5. The number of likely N-dealkylation sites (tertiary alicyclic amines) is 1. The largest absolute Gasteiger partial charge is 0.368 e. The Kier molecular flexibility index (Phi) is 6.13. The van der Waals surface area contributed by atoms with Crippen LogP contribution in [-0.4, -0.2) is 69.4 Å². The van der Waals surface area contributed by atoms with Gasteiger partial charge in [-0.15, -0.1) is 0 Å². The van der Waals surface area contributed by atoms with Crippen molar-refractivity contribution in [3.63, 3.8) is 0 Å². The van der Waals surface area contributed by atoms with E-state index in [2.05, 4.69) is 20.3 Å². The van der Waals surface area contributed by atoms with Gasteiger partial charge in [0.1, 0.15) is 6.10 Å². The molecule has 0 unspecified atom stereocenters. The summed E-state index contributed by atoms with van der Waals surface area (Å²) in [7, 11) is 0. The van der Waals surface area contributed by atoms with Gasteiger partial charge in [-0.2, -0.15) is 0 Å². The van der Waals surface area contributed by atoms with Crippen molar-refractivity contribution in [2.24, 2.45) is 0 Å². The van der Waals surface area contributed by atoms with Gasteiger partial charge in [0.15, 0.2) is 0 Å². The number of carbonyl (C=O) groups excluding carboxylic acids is 2. The van der Waals surface area contributed by atoms with Gasteiger partial charge in [0.25, 0.3) is 0 Å². The molecule has 0 aliphatic carbocycles. The van der Waals surface area contributed by atoms with E-state index in [1.54, 1.807) is 9.80 Å². The van der Waals surface area contributed by atoms with Gasteiger partial charge in [-0.3, -0.25) is 14.6 Å². The maximum atomic E-state index is 12.7. The Morgan fingerprint density at radius 1 is 1.10 bits per heavy atom. The molecule has 0 radical (unpaired) electrons. The van der Waals surface area contributed by atoms with Gasteiger partial charge in [0, 0.05) is 42.3 Å². The lowest BCUT2D eigenvalue weighted by Gasteiger charge is -2.34. The normalized spacial score (nSPS) is 19.1. The first-order valence-corrected chi connectivity index (χ1v) is 10.6. The molecule has 1 N–H and O–H groups in total. The first-order valence-electron chi connectivity index (χ1n) is 10.6. The third-order valence-corrected chi connectivity index (χ3v) is 5.46. The van der Waals surface area contributed by atoms with Crippen LogP contribution in [0.2, 0.25) is 0 Å². The number of pyridine rings is 1. The lowest BCUT2D eigenvalue weighted by molar-refractivity contribution is -0.143. The van der Waals surface area contributed by atoms with Crippen LogP contribution < -0.4 is 5.32 Å². The molecule has 4 heterocycles. The van der Waals surface area contributed by atoms with Crippen LogP contribution in [0, 0.1) is 20.8 Å². The summed E-state index contributed by atoms with van der Waals surface area (Å²) in [5.74, 6) is 0.548. The Balaban J connectivity index is 1.47. The van der Waals surface area contributed by atoms with Crippen LogP contribution in [0.1, 0.15) is 41.7 Å². The second-order valence-electron chi connectivity index (χ2n) is 8.14. The number of aromatic nitrogens is 3. The molecule has 2 amide bonds. The highest BCUT2D eigenvalue weighted by molar-refractivity contribution is 5.86. The monoisotopic (exact) mass is 424 g/mol. The van der Waals surface area contributed by atoms with Gasteiger partial charge in [-0.05, 0) is 45.4 Å². The SMILES string of the molecule is Cc1cc(Nc2nc(C)cc(C)n2)cc([C@H]2CN(C(=O)CN3CCCC3=O)CCO2)n1. The number of nitrogens with one attached hydrogen (secondary N) is 1. The third kappa shape index (κ3) is 5.16. The van der Waals surface area contributed by atoms with E-state index < -0.39 is 0 Å². The number of carbonyl (C=O) groups is 2. The van der Waals surface area contributed by atoms with Crippen molar-refractivity contribution >= 4 is 23.5 Å². The minimum atomic E-state index is -0.326. The summed E-state index contributed by atoms with van der Waals surface area (Å²) in [6.07, 6.45) is 1.03. The molecule has 0 saturated carbocycles. The van der Waals surface area contributed by atoms with Crippen LogP contribution in [0.25, 0.3) is 0 Å². The molecule has 0 spiro atoms. The molecule has 31 heavy (non-hydrogen) atoms. The molecule has 164 valence electrons. The highest BCUT2D eigenvalue weighted by Gasteiger charge is 2.30. The second-order valence-corrected chi connectivity index (χ2v) is 8.14. The molecular weight excluding hydrogens is 396 g/mol. The summed E-state index contributed by atoms with van der Waals surface area (Å²) in [6, 6.07) is 5.76. The quantitative estimate of drug-likeness (QED) is 0.784. The minimum absolute atomic E-state index is 0.0433. The van der Waals surface area contributed by atoms with Crippen molar-refractivity contribution in [1.82, 2.24) is 24.8 Å². The van der Waals surface area contributed by atoms with Crippen molar-refractivity contribution in [3.8, 4) is 0 Å². The van der Waals surface area contributed by atoms with E-state index in [4.69, 9.17) is 4.74 Å². The first-order chi connectivity index (χ1) is 14.9. The smallest absolute Gasteiger partial charge is 0.242 e. The standard InChI is InChI=1S/C22H28N6O3/c1-14-9-15(2)25-22(24-14)26-17-10-16(3)23-18(11-17)19-12-28(7-8-31-19)21(30)13-27-6-4-5-20(27)29/h9-11,19H,4-8,12-13H2,1-3H3,(H,23,24,25,26)/t19-/m1/s1. The van der Waals surface area contributed by atoms with Crippen LogP contribution in [0.3, 0.4) is 0 Å². The highest BCUT2D eigenvalue weighted by Crippen LogP contribution is 2.25. The van der Waals surface area contributed by atoms with Gasteiger partial charge in [-0.1, -0.05) is 0 Å². The fourth-order valence-electron chi connectivity index (χ4n) is 4.03. The Morgan fingerprint density at radius 2 is 1.84 bits per heavy atom. The van der Waals surface area contributed by atoms with Crippen molar-refractivity contribution < 1.29 is 14.3 Å². The summed E-state index contributed by atoms with van der Waals surface area (Å²) in [5, 5.41) is 3.25. The first kappa shape index (κ1) is 21.2. The molecule has 9 nitrogen and oxygen atoms in total. The third-order valence-electron chi connectivity index (χ3n) is 5.46. The van der Waals surface area contributed by atoms with Crippen LogP contribution in [0.4, 0.5) is 11.6 Å². The molecule has 2 fully saturated rings. The van der Waals surface area contributed by atoms with E-state index in [0.29, 0.717) is 38.6 Å². The number of ether oxygens (including phenoxy) is 1. The van der Waals surface area contributed by atoms with Gasteiger partial charge in [-0.25, -0.2) is 9.97 Å². The van der Waals surface area contributed by atoms with Crippen LogP contribution >= 0.6 is 0 Å². The summed E-state index contributed by atoms with van der Waals surface area (Å²) in [6.45, 7) is 7.95. The van der Waals surface area contributed by atoms with Gasteiger partial charge in [0.2, 0.25) is 17.8 Å². The van der Waals surface area contributed by atoms with Crippen molar-refractivity contribution in [1.29, 1.82) is 0 Å². The second kappa shape index (κ2) is 8.97. The van der Waals surface area contributed by atoms with Crippen LogP contribution in [0.5, 0.6) is 0 Å². The predicted molar refractivity (Wildman–Crippen MR) is 115 cm³/mol. The Bertz CT molecular complexity index is 975. The van der Waals surface area contributed by atoms with Gasteiger partial charge >= 0.3 is 0 Å². The molecule has 9 heteroatoms. The average molecular weight is 425 g/mol. The Hall–Kier alpha value is -3.07. The van der Waals surface area contributed by atoms with Crippen molar-refractivity contribution in [2.45, 2.75) is 39.7 Å². The van der Waals surface area contributed by atoms with E-state index in [0.717, 1.165) is 34.9 Å². The fraction of sp³-hybridized carbons (Fsp3) is 0.500. The number of hydrogen-bond donors (Lipinski definition) is 1. The van der Waals surface area contributed by atoms with Crippen molar-refractivity contribution in [3.05, 3.63) is 41.0 Å². The number of morpholine rings is 1. The number of nitrogens with zero attached hydrogens (tertiary/aromatic N) is 5. The Morgan fingerprint density at radius 3 is 2.55 bits per heavy atom. The topological polar surface area (TPSA) is 101 Å². The molecule has 2 aromatic rings. The molecule has 2 saturated heterocycles. The molecule has 0 bridgehead atoms. The van der Waals surface area contributed by atoms with Crippen LogP contribution in [0.15, 0.2) is 18.2 Å². The maximum absolute atomic E-state index is 12.7. The number of anilines is 2. The fourth-order valence-corrected chi connectivity index (χ4v) is 4.03. The predicted octanol–water partition coefficient (Wildman–Crippen LogP) is 2.06. The summed E-state index contributed by atoms with van der Waals surface area (Å²) < 4.78 is 5.94. The van der Waals surface area contributed by atoms with Crippen LogP contribution in [-0.2, 0) is 14.3 Å². The molecule has 2 aliphatic heterocycles. The minimum Gasteiger partial charge on any atom is -0.368 e. The highest BCUT2D eigenvalue weighted by atomic mass is 16.5. The number of hydrogen-bond acceptors (Lipinski definition) is 7. The molecule has 0 aromatic carbocycles. The van der Waals surface area contributed by atoms with Gasteiger partial charge in [0.05, 0.1) is 25.4 Å². The van der Waals surface area contributed by atoms with E-state index in [9.17, 15) is 9.59 Å². The summed E-state index contributed by atoms with van der Waals surface area (Å²) in [5.41, 5.74) is 4.19. The molecular formula is C22H28N6O3. The lowest BCUT2D eigenvalue weighted by Crippen LogP contribution is -2.47. The van der Waals surface area contributed by atoms with E-state index in [1.807, 2.05) is 39.0 Å². The molecule has 2 aromatic heterocycles. The summed E-state index contributed by atoms with van der Waals surface area (Å²) >= 11 is 0. The molecule has 4 rings (SSSR count).